The number of benzene rings is 2. The normalized spacial score (nSPS) is 10.4. The van der Waals surface area contributed by atoms with Gasteiger partial charge in [0.2, 0.25) is 0 Å². The zero-order chi connectivity index (χ0) is 13.1. The molecule has 2 rings (SSSR count). The molecule has 0 atom stereocenters. The first kappa shape index (κ1) is 12.8. The SMILES string of the molecule is Cc1ccc(CC(=O)c2cc(Cl)ccc2C)cc1. The Morgan fingerprint density at radius 1 is 1.06 bits per heavy atom. The number of Topliss-reactive ketones (excluding diaryl/α,β-unsaturated/α-hetero) is 1. The molecule has 0 amide bonds. The second-order valence-corrected chi connectivity index (χ2v) is 4.98. The first-order valence-corrected chi connectivity index (χ1v) is 6.29. The summed E-state index contributed by atoms with van der Waals surface area (Å²) in [7, 11) is 0. The molecule has 0 fully saturated rings. The molecule has 0 aromatic heterocycles. The molecule has 92 valence electrons. The summed E-state index contributed by atoms with van der Waals surface area (Å²) in [6.07, 6.45) is 0.418. The average molecular weight is 259 g/mol. The van der Waals surface area contributed by atoms with Gasteiger partial charge in [0.25, 0.3) is 0 Å². The zero-order valence-electron chi connectivity index (χ0n) is 10.5. The highest BCUT2D eigenvalue weighted by molar-refractivity contribution is 6.31. The minimum absolute atomic E-state index is 0.110. The van der Waals surface area contributed by atoms with E-state index in [-0.39, 0.29) is 5.78 Å². The largest absolute Gasteiger partial charge is 0.294 e. The predicted molar refractivity (Wildman–Crippen MR) is 75.4 cm³/mol. The fourth-order valence-corrected chi connectivity index (χ4v) is 2.05. The van der Waals surface area contributed by atoms with Crippen LogP contribution in [0, 0.1) is 13.8 Å². The lowest BCUT2D eigenvalue weighted by atomic mass is 9.99. The van der Waals surface area contributed by atoms with Crippen LogP contribution >= 0.6 is 11.6 Å². The third kappa shape index (κ3) is 2.99. The van der Waals surface area contributed by atoms with Gasteiger partial charge in [-0.1, -0.05) is 47.5 Å². The Hall–Kier alpha value is -1.60. The number of hydrogen-bond acceptors (Lipinski definition) is 1. The molecule has 0 aliphatic carbocycles. The number of ketones is 1. The smallest absolute Gasteiger partial charge is 0.167 e. The third-order valence-electron chi connectivity index (χ3n) is 2.99. The molecule has 0 N–H and O–H groups in total. The second kappa shape index (κ2) is 5.36. The van der Waals surface area contributed by atoms with Crippen molar-refractivity contribution in [3.8, 4) is 0 Å². The van der Waals surface area contributed by atoms with E-state index in [4.69, 9.17) is 11.6 Å². The van der Waals surface area contributed by atoms with Crippen molar-refractivity contribution in [3.63, 3.8) is 0 Å². The number of aryl methyl sites for hydroxylation is 2. The highest BCUT2D eigenvalue weighted by Crippen LogP contribution is 2.17. The van der Waals surface area contributed by atoms with Crippen LogP contribution in [-0.2, 0) is 6.42 Å². The number of halogens is 1. The van der Waals surface area contributed by atoms with Gasteiger partial charge in [0.05, 0.1) is 0 Å². The standard InChI is InChI=1S/C16H15ClO/c1-11-3-6-13(7-4-11)9-16(18)15-10-14(17)8-5-12(15)2/h3-8,10H,9H2,1-2H3. The highest BCUT2D eigenvalue weighted by atomic mass is 35.5. The van der Waals surface area contributed by atoms with Gasteiger partial charge in [-0.2, -0.15) is 0 Å². The van der Waals surface area contributed by atoms with Crippen LogP contribution in [0.1, 0.15) is 27.0 Å². The number of rotatable bonds is 3. The molecule has 2 aromatic carbocycles. The van der Waals surface area contributed by atoms with Crippen molar-refractivity contribution in [2.45, 2.75) is 20.3 Å². The van der Waals surface area contributed by atoms with Crippen molar-refractivity contribution in [2.75, 3.05) is 0 Å². The van der Waals surface area contributed by atoms with Crippen molar-refractivity contribution < 1.29 is 4.79 Å². The molecule has 0 bridgehead atoms. The Kier molecular flexibility index (Phi) is 3.83. The third-order valence-corrected chi connectivity index (χ3v) is 3.22. The van der Waals surface area contributed by atoms with Crippen LogP contribution in [-0.4, -0.2) is 5.78 Å². The van der Waals surface area contributed by atoms with Crippen LogP contribution in [0.5, 0.6) is 0 Å². The Balaban J connectivity index is 2.21. The summed E-state index contributed by atoms with van der Waals surface area (Å²) >= 11 is 5.93. The van der Waals surface area contributed by atoms with Crippen LogP contribution in [0.15, 0.2) is 42.5 Å². The highest BCUT2D eigenvalue weighted by Gasteiger charge is 2.10. The fourth-order valence-electron chi connectivity index (χ4n) is 1.88. The number of hydrogen-bond donors (Lipinski definition) is 0. The molecule has 0 saturated heterocycles. The topological polar surface area (TPSA) is 17.1 Å². The lowest BCUT2D eigenvalue weighted by Gasteiger charge is -2.06. The first-order valence-electron chi connectivity index (χ1n) is 5.91. The van der Waals surface area contributed by atoms with Gasteiger partial charge in [-0.25, -0.2) is 0 Å². The molecule has 0 aliphatic heterocycles. The Labute approximate surface area is 112 Å². The van der Waals surface area contributed by atoms with Crippen LogP contribution in [0.2, 0.25) is 5.02 Å². The molecular formula is C16H15ClO. The molecule has 1 nitrogen and oxygen atoms in total. The van der Waals surface area contributed by atoms with Gasteiger partial charge in [0, 0.05) is 17.0 Å². The minimum atomic E-state index is 0.110. The monoisotopic (exact) mass is 258 g/mol. The zero-order valence-corrected chi connectivity index (χ0v) is 11.3. The van der Waals surface area contributed by atoms with E-state index in [0.29, 0.717) is 17.0 Å². The quantitative estimate of drug-likeness (QED) is 0.747. The molecule has 0 heterocycles. The van der Waals surface area contributed by atoms with Gasteiger partial charge in [0.1, 0.15) is 0 Å². The summed E-state index contributed by atoms with van der Waals surface area (Å²) in [5, 5.41) is 0.604. The van der Waals surface area contributed by atoms with Gasteiger partial charge in [-0.15, -0.1) is 0 Å². The fraction of sp³-hybridized carbons (Fsp3) is 0.188. The molecule has 0 radical (unpaired) electrons. The van der Waals surface area contributed by atoms with E-state index in [1.807, 2.05) is 44.2 Å². The van der Waals surface area contributed by atoms with Crippen LogP contribution < -0.4 is 0 Å². The lowest BCUT2D eigenvalue weighted by molar-refractivity contribution is 0.0992. The van der Waals surface area contributed by atoms with Crippen molar-refractivity contribution in [1.82, 2.24) is 0 Å². The first-order chi connectivity index (χ1) is 8.56. The molecule has 0 saturated carbocycles. The van der Waals surface area contributed by atoms with E-state index >= 15 is 0 Å². The molecule has 18 heavy (non-hydrogen) atoms. The summed E-state index contributed by atoms with van der Waals surface area (Å²) in [4.78, 5) is 12.2. The summed E-state index contributed by atoms with van der Waals surface area (Å²) in [5.41, 5.74) is 3.91. The van der Waals surface area contributed by atoms with Crippen molar-refractivity contribution >= 4 is 17.4 Å². The predicted octanol–water partition coefficient (Wildman–Crippen LogP) is 4.38. The van der Waals surface area contributed by atoms with Crippen LogP contribution in [0.4, 0.5) is 0 Å². The van der Waals surface area contributed by atoms with E-state index in [2.05, 4.69) is 0 Å². The summed E-state index contributed by atoms with van der Waals surface area (Å²) < 4.78 is 0. The van der Waals surface area contributed by atoms with Crippen LogP contribution in [0.3, 0.4) is 0 Å². The van der Waals surface area contributed by atoms with E-state index in [9.17, 15) is 4.79 Å². The Bertz CT molecular complexity index is 570. The van der Waals surface area contributed by atoms with E-state index in [0.717, 1.165) is 11.1 Å². The molecule has 2 heteroatoms. The van der Waals surface area contributed by atoms with Gasteiger partial charge in [-0.3, -0.25) is 4.79 Å². The maximum absolute atomic E-state index is 12.2. The van der Waals surface area contributed by atoms with Crippen LogP contribution in [0.25, 0.3) is 0 Å². The van der Waals surface area contributed by atoms with E-state index < -0.39 is 0 Å². The Morgan fingerprint density at radius 2 is 1.72 bits per heavy atom. The number of carbonyl (C=O) groups is 1. The summed E-state index contributed by atoms with van der Waals surface area (Å²) in [6, 6.07) is 13.5. The molecule has 0 unspecified atom stereocenters. The molecule has 0 spiro atoms. The van der Waals surface area contributed by atoms with E-state index in [1.165, 1.54) is 5.56 Å². The van der Waals surface area contributed by atoms with Crippen molar-refractivity contribution in [1.29, 1.82) is 0 Å². The van der Waals surface area contributed by atoms with Gasteiger partial charge < -0.3 is 0 Å². The molecular weight excluding hydrogens is 244 g/mol. The lowest BCUT2D eigenvalue weighted by Crippen LogP contribution is -2.05. The number of carbonyl (C=O) groups excluding carboxylic acids is 1. The van der Waals surface area contributed by atoms with Gasteiger partial charge in [0.15, 0.2) is 5.78 Å². The van der Waals surface area contributed by atoms with Crippen molar-refractivity contribution in [3.05, 3.63) is 69.7 Å². The van der Waals surface area contributed by atoms with E-state index in [1.54, 1.807) is 12.1 Å². The average Bonchev–Trinajstić information content (AvgIpc) is 2.35. The van der Waals surface area contributed by atoms with Gasteiger partial charge >= 0.3 is 0 Å². The Morgan fingerprint density at radius 3 is 2.39 bits per heavy atom. The summed E-state index contributed by atoms with van der Waals surface area (Å²) in [5.74, 6) is 0.110. The van der Waals surface area contributed by atoms with Gasteiger partial charge in [-0.05, 0) is 37.1 Å². The summed E-state index contributed by atoms with van der Waals surface area (Å²) in [6.45, 7) is 3.96. The maximum Gasteiger partial charge on any atom is 0.167 e. The maximum atomic E-state index is 12.2. The molecule has 0 aliphatic rings. The second-order valence-electron chi connectivity index (χ2n) is 4.54. The molecule has 2 aromatic rings. The minimum Gasteiger partial charge on any atom is -0.294 e. The van der Waals surface area contributed by atoms with Crippen molar-refractivity contribution in [2.24, 2.45) is 0 Å².